The molecule has 0 unspecified atom stereocenters. The number of aliphatic hydroxyl groups excluding tert-OH is 1. The average molecular weight is 210 g/mol. The maximum Gasteiger partial charge on any atom is 0.387 e. The Kier molecular flexibility index (Phi) is 3.29. The van der Waals surface area contributed by atoms with Crippen molar-refractivity contribution in [3.8, 4) is 5.75 Å². The molecule has 0 aliphatic rings. The van der Waals surface area contributed by atoms with E-state index in [2.05, 4.69) is 4.74 Å². The van der Waals surface area contributed by atoms with Gasteiger partial charge < -0.3 is 9.84 Å². The smallest absolute Gasteiger partial charge is 0.387 e. The van der Waals surface area contributed by atoms with Crippen molar-refractivity contribution in [3.63, 3.8) is 0 Å². The van der Waals surface area contributed by atoms with E-state index in [1.54, 1.807) is 0 Å². The highest BCUT2D eigenvalue weighted by Crippen LogP contribution is 2.24. The van der Waals surface area contributed by atoms with Gasteiger partial charge in [0.05, 0.1) is 12.2 Å². The molecule has 1 aromatic rings. The molecule has 1 aromatic carbocycles. The molecule has 0 aliphatic carbocycles. The molecule has 1 rings (SSSR count). The van der Waals surface area contributed by atoms with Crippen LogP contribution in [-0.4, -0.2) is 11.7 Å². The van der Waals surface area contributed by atoms with Crippen molar-refractivity contribution in [1.29, 1.82) is 0 Å². The van der Waals surface area contributed by atoms with Crippen molar-refractivity contribution in [2.75, 3.05) is 0 Å². The molecule has 0 atom stereocenters. The van der Waals surface area contributed by atoms with Crippen molar-refractivity contribution < 1.29 is 27.4 Å². The van der Waals surface area contributed by atoms with Crippen LogP contribution in [0.3, 0.4) is 0 Å². The van der Waals surface area contributed by atoms with Crippen LogP contribution in [0.4, 0.5) is 17.6 Å². The molecule has 0 saturated heterocycles. The maximum absolute atomic E-state index is 13.0. The molecule has 0 radical (unpaired) electrons. The van der Waals surface area contributed by atoms with Gasteiger partial charge in [0.25, 0.3) is 0 Å². The lowest BCUT2D eigenvalue weighted by molar-refractivity contribution is -0.0524. The van der Waals surface area contributed by atoms with Crippen LogP contribution < -0.4 is 4.74 Å². The molecule has 0 heterocycles. The number of alkyl halides is 2. The van der Waals surface area contributed by atoms with Gasteiger partial charge in [-0.3, -0.25) is 0 Å². The SMILES string of the molecule is OCc1c(F)ccc(OC(F)F)c1F. The number of ether oxygens (including phenoxy) is 1. The van der Waals surface area contributed by atoms with Crippen LogP contribution in [0.5, 0.6) is 5.75 Å². The van der Waals surface area contributed by atoms with Crippen LogP contribution in [0.15, 0.2) is 12.1 Å². The molecule has 0 bridgehead atoms. The van der Waals surface area contributed by atoms with E-state index in [9.17, 15) is 17.6 Å². The highest BCUT2D eigenvalue weighted by atomic mass is 19.3. The fourth-order valence-corrected chi connectivity index (χ4v) is 0.908. The van der Waals surface area contributed by atoms with Crippen LogP contribution in [-0.2, 0) is 6.61 Å². The van der Waals surface area contributed by atoms with E-state index in [0.717, 1.165) is 12.1 Å². The second-order valence-corrected chi connectivity index (χ2v) is 2.37. The van der Waals surface area contributed by atoms with E-state index in [0.29, 0.717) is 0 Å². The molecule has 0 aliphatic heterocycles. The van der Waals surface area contributed by atoms with Crippen LogP contribution in [0.25, 0.3) is 0 Å². The number of halogens is 4. The van der Waals surface area contributed by atoms with E-state index in [1.165, 1.54) is 0 Å². The van der Waals surface area contributed by atoms with Crippen molar-refractivity contribution in [2.45, 2.75) is 13.2 Å². The summed E-state index contributed by atoms with van der Waals surface area (Å²) in [5.41, 5.74) is -0.692. The Bertz CT molecular complexity index is 327. The zero-order valence-corrected chi connectivity index (χ0v) is 6.81. The third kappa shape index (κ3) is 2.14. The van der Waals surface area contributed by atoms with Gasteiger partial charge >= 0.3 is 6.61 Å². The Morgan fingerprint density at radius 2 is 1.93 bits per heavy atom. The van der Waals surface area contributed by atoms with Crippen molar-refractivity contribution in [2.24, 2.45) is 0 Å². The molecule has 1 N–H and O–H groups in total. The van der Waals surface area contributed by atoms with Gasteiger partial charge in [-0.25, -0.2) is 8.78 Å². The maximum atomic E-state index is 13.0. The minimum absolute atomic E-state index is 0.692. The Hall–Kier alpha value is -1.30. The monoisotopic (exact) mass is 210 g/mol. The zero-order valence-electron chi connectivity index (χ0n) is 6.81. The van der Waals surface area contributed by atoms with Gasteiger partial charge in [0.15, 0.2) is 11.6 Å². The lowest BCUT2D eigenvalue weighted by Gasteiger charge is -2.08. The topological polar surface area (TPSA) is 29.5 Å². The highest BCUT2D eigenvalue weighted by Gasteiger charge is 2.16. The lowest BCUT2D eigenvalue weighted by atomic mass is 10.2. The van der Waals surface area contributed by atoms with Gasteiger partial charge in [0.2, 0.25) is 0 Å². The van der Waals surface area contributed by atoms with E-state index in [-0.39, 0.29) is 0 Å². The fraction of sp³-hybridized carbons (Fsp3) is 0.250. The molecule has 0 fully saturated rings. The standard InChI is InChI=1S/C8H6F4O2/c9-5-1-2-6(14-8(11)12)7(10)4(5)3-13/h1-2,8,13H,3H2. The number of hydrogen-bond acceptors (Lipinski definition) is 2. The molecule has 78 valence electrons. The van der Waals surface area contributed by atoms with Gasteiger partial charge in [-0.1, -0.05) is 0 Å². The average Bonchev–Trinajstić information content (AvgIpc) is 2.10. The molecule has 14 heavy (non-hydrogen) atoms. The minimum Gasteiger partial charge on any atom is -0.432 e. The number of benzene rings is 1. The number of hydrogen-bond donors (Lipinski definition) is 1. The first-order valence-electron chi connectivity index (χ1n) is 3.58. The first-order valence-corrected chi connectivity index (χ1v) is 3.58. The van der Waals surface area contributed by atoms with Crippen molar-refractivity contribution in [1.82, 2.24) is 0 Å². The number of aliphatic hydroxyl groups is 1. The van der Waals surface area contributed by atoms with Gasteiger partial charge in [0, 0.05) is 0 Å². The van der Waals surface area contributed by atoms with Gasteiger partial charge in [-0.05, 0) is 12.1 Å². The quantitative estimate of drug-likeness (QED) is 0.773. The fourth-order valence-electron chi connectivity index (χ4n) is 0.908. The van der Waals surface area contributed by atoms with E-state index >= 15 is 0 Å². The molecule has 0 saturated carbocycles. The predicted molar refractivity (Wildman–Crippen MR) is 38.9 cm³/mol. The minimum atomic E-state index is -3.19. The molecular weight excluding hydrogens is 204 g/mol. The van der Waals surface area contributed by atoms with Gasteiger partial charge in [-0.15, -0.1) is 0 Å². The first-order chi connectivity index (χ1) is 6.56. The predicted octanol–water partition coefficient (Wildman–Crippen LogP) is 2.06. The normalized spacial score (nSPS) is 10.7. The second kappa shape index (κ2) is 4.28. The summed E-state index contributed by atoms with van der Waals surface area (Å²) in [6.07, 6.45) is 0. The van der Waals surface area contributed by atoms with Crippen LogP contribution in [0.2, 0.25) is 0 Å². The molecule has 0 aromatic heterocycles. The summed E-state index contributed by atoms with van der Waals surface area (Å²) in [5.74, 6) is -3.11. The Morgan fingerprint density at radius 3 is 2.43 bits per heavy atom. The lowest BCUT2D eigenvalue weighted by Crippen LogP contribution is -2.06. The highest BCUT2D eigenvalue weighted by molar-refractivity contribution is 5.31. The number of rotatable bonds is 3. The second-order valence-electron chi connectivity index (χ2n) is 2.37. The molecule has 6 heteroatoms. The first kappa shape index (κ1) is 10.8. The summed E-state index contributed by atoms with van der Waals surface area (Å²) in [6, 6.07) is 1.47. The summed E-state index contributed by atoms with van der Waals surface area (Å²) < 4.78 is 52.9. The third-order valence-electron chi connectivity index (χ3n) is 1.52. The molecule has 0 amide bonds. The molecule has 2 nitrogen and oxygen atoms in total. The van der Waals surface area contributed by atoms with E-state index < -0.39 is 36.2 Å². The summed E-state index contributed by atoms with van der Waals surface area (Å²) in [5, 5.41) is 8.53. The summed E-state index contributed by atoms with van der Waals surface area (Å²) >= 11 is 0. The zero-order chi connectivity index (χ0) is 10.7. The van der Waals surface area contributed by atoms with Crippen LogP contribution in [0, 0.1) is 11.6 Å². The summed E-state index contributed by atoms with van der Waals surface area (Å²) in [4.78, 5) is 0. The van der Waals surface area contributed by atoms with Crippen LogP contribution in [0.1, 0.15) is 5.56 Å². The third-order valence-corrected chi connectivity index (χ3v) is 1.52. The van der Waals surface area contributed by atoms with Gasteiger partial charge in [0.1, 0.15) is 5.82 Å². The van der Waals surface area contributed by atoms with Crippen LogP contribution >= 0.6 is 0 Å². The Balaban J connectivity index is 3.08. The Morgan fingerprint density at radius 1 is 1.29 bits per heavy atom. The largest absolute Gasteiger partial charge is 0.432 e. The summed E-state index contributed by atoms with van der Waals surface area (Å²) in [7, 11) is 0. The Labute approximate surface area is 76.7 Å². The van der Waals surface area contributed by atoms with E-state index in [4.69, 9.17) is 5.11 Å². The van der Waals surface area contributed by atoms with Crippen molar-refractivity contribution in [3.05, 3.63) is 29.3 Å². The molecular formula is C8H6F4O2. The summed E-state index contributed by atoms with van der Waals surface area (Å²) in [6.45, 7) is -4.11. The molecule has 0 spiro atoms. The van der Waals surface area contributed by atoms with Crippen molar-refractivity contribution >= 4 is 0 Å². The van der Waals surface area contributed by atoms with E-state index in [1.807, 2.05) is 0 Å². The van der Waals surface area contributed by atoms with Gasteiger partial charge in [-0.2, -0.15) is 8.78 Å².